The normalized spacial score (nSPS) is 10.2. The van der Waals surface area contributed by atoms with Gasteiger partial charge in [-0.3, -0.25) is 4.98 Å². The van der Waals surface area contributed by atoms with Crippen LogP contribution in [0, 0.1) is 11.6 Å². The van der Waals surface area contributed by atoms with E-state index in [0.717, 1.165) is 17.8 Å². The maximum Gasteiger partial charge on any atom is 0.162 e. The minimum atomic E-state index is -0.926. The van der Waals surface area contributed by atoms with Gasteiger partial charge in [0.25, 0.3) is 0 Å². The third-order valence-electron chi connectivity index (χ3n) is 2.38. The van der Waals surface area contributed by atoms with Crippen LogP contribution in [0.1, 0.15) is 5.69 Å². The van der Waals surface area contributed by atoms with Crippen LogP contribution < -0.4 is 10.1 Å². The van der Waals surface area contributed by atoms with Gasteiger partial charge in [-0.25, -0.2) is 8.78 Å². The molecule has 3 nitrogen and oxygen atoms in total. The summed E-state index contributed by atoms with van der Waals surface area (Å²) in [5.41, 5.74) is 1.61. The molecule has 2 rings (SSSR count). The minimum Gasteiger partial charge on any atom is -0.487 e. The molecular formula is C13H12F2N2O. The van der Waals surface area contributed by atoms with E-state index in [1.54, 1.807) is 13.2 Å². The van der Waals surface area contributed by atoms with Crippen molar-refractivity contribution in [1.29, 1.82) is 0 Å². The first-order valence-corrected chi connectivity index (χ1v) is 5.39. The van der Waals surface area contributed by atoms with Crippen molar-refractivity contribution in [3.8, 4) is 5.75 Å². The molecule has 0 aliphatic rings. The van der Waals surface area contributed by atoms with Crippen LogP contribution in [0.2, 0.25) is 0 Å². The summed E-state index contributed by atoms with van der Waals surface area (Å²) in [6, 6.07) is 7.06. The second-order valence-electron chi connectivity index (χ2n) is 3.65. The van der Waals surface area contributed by atoms with Gasteiger partial charge in [-0.2, -0.15) is 0 Å². The molecular weight excluding hydrogens is 238 g/mol. The molecule has 0 bridgehead atoms. The molecule has 18 heavy (non-hydrogen) atoms. The first kappa shape index (κ1) is 12.3. The molecule has 0 fully saturated rings. The highest BCUT2D eigenvalue weighted by Crippen LogP contribution is 2.17. The number of anilines is 1. The third-order valence-corrected chi connectivity index (χ3v) is 2.38. The van der Waals surface area contributed by atoms with Crippen molar-refractivity contribution >= 4 is 5.69 Å². The van der Waals surface area contributed by atoms with Crippen LogP contribution in [-0.4, -0.2) is 12.0 Å². The van der Waals surface area contributed by atoms with E-state index in [4.69, 9.17) is 4.74 Å². The predicted octanol–water partition coefficient (Wildman–Crippen LogP) is 2.98. The van der Waals surface area contributed by atoms with E-state index in [-0.39, 0.29) is 12.4 Å². The van der Waals surface area contributed by atoms with Crippen LogP contribution in [0.3, 0.4) is 0 Å². The van der Waals surface area contributed by atoms with Gasteiger partial charge in [-0.05, 0) is 24.3 Å². The van der Waals surface area contributed by atoms with E-state index in [1.807, 2.05) is 12.1 Å². The maximum absolute atomic E-state index is 12.9. The summed E-state index contributed by atoms with van der Waals surface area (Å²) in [4.78, 5) is 4.11. The Morgan fingerprint density at radius 2 is 2.00 bits per heavy atom. The molecule has 0 saturated heterocycles. The Morgan fingerprint density at radius 3 is 2.72 bits per heavy atom. The highest BCUT2D eigenvalue weighted by Gasteiger charge is 2.04. The van der Waals surface area contributed by atoms with E-state index >= 15 is 0 Å². The molecule has 1 aromatic carbocycles. The van der Waals surface area contributed by atoms with Crippen molar-refractivity contribution in [2.24, 2.45) is 0 Å². The number of hydrogen-bond donors (Lipinski definition) is 1. The van der Waals surface area contributed by atoms with Crippen LogP contribution in [-0.2, 0) is 6.61 Å². The minimum absolute atomic E-state index is 0.195. The molecule has 0 radical (unpaired) electrons. The molecule has 0 spiro atoms. The van der Waals surface area contributed by atoms with Crippen LogP contribution in [0.5, 0.6) is 5.75 Å². The Kier molecular flexibility index (Phi) is 3.72. The van der Waals surface area contributed by atoms with Gasteiger partial charge in [-0.1, -0.05) is 0 Å². The summed E-state index contributed by atoms with van der Waals surface area (Å²) in [5, 5.41) is 2.98. The predicted molar refractivity (Wildman–Crippen MR) is 64.5 cm³/mol. The van der Waals surface area contributed by atoms with Crippen molar-refractivity contribution in [1.82, 2.24) is 4.98 Å². The molecule has 5 heteroatoms. The number of pyridine rings is 1. The lowest BCUT2D eigenvalue weighted by molar-refractivity contribution is 0.298. The van der Waals surface area contributed by atoms with Gasteiger partial charge >= 0.3 is 0 Å². The summed E-state index contributed by atoms with van der Waals surface area (Å²) in [6.45, 7) is 0.195. The zero-order valence-corrected chi connectivity index (χ0v) is 9.78. The number of ether oxygens (including phenoxy) is 1. The highest BCUT2D eigenvalue weighted by atomic mass is 19.2. The van der Waals surface area contributed by atoms with Crippen molar-refractivity contribution in [3.63, 3.8) is 0 Å². The summed E-state index contributed by atoms with van der Waals surface area (Å²) in [5.74, 6) is -1.55. The fourth-order valence-electron chi connectivity index (χ4n) is 1.44. The Morgan fingerprint density at radius 1 is 1.17 bits per heavy atom. The van der Waals surface area contributed by atoms with Gasteiger partial charge in [0.1, 0.15) is 12.4 Å². The molecule has 0 unspecified atom stereocenters. The maximum atomic E-state index is 12.9. The van der Waals surface area contributed by atoms with Crippen LogP contribution in [0.4, 0.5) is 14.5 Å². The molecule has 1 N–H and O–H groups in total. The number of aromatic nitrogens is 1. The van der Waals surface area contributed by atoms with E-state index in [2.05, 4.69) is 10.3 Å². The number of benzene rings is 1. The smallest absolute Gasteiger partial charge is 0.162 e. The zero-order valence-electron chi connectivity index (χ0n) is 9.78. The summed E-state index contributed by atoms with van der Waals surface area (Å²) in [7, 11) is 1.80. The fourth-order valence-corrected chi connectivity index (χ4v) is 1.44. The van der Waals surface area contributed by atoms with Crippen LogP contribution in [0.15, 0.2) is 36.5 Å². The first-order valence-electron chi connectivity index (χ1n) is 5.39. The average molecular weight is 250 g/mol. The summed E-state index contributed by atoms with van der Waals surface area (Å²) in [6.07, 6.45) is 1.65. The molecule has 0 amide bonds. The molecule has 2 aromatic rings. The number of halogens is 2. The SMILES string of the molecule is CNc1ccnc(COc2ccc(F)c(F)c2)c1. The first-order chi connectivity index (χ1) is 8.69. The lowest BCUT2D eigenvalue weighted by Crippen LogP contribution is -2.00. The van der Waals surface area contributed by atoms with E-state index in [1.165, 1.54) is 6.07 Å². The Labute approximate surface area is 103 Å². The van der Waals surface area contributed by atoms with Crippen LogP contribution in [0.25, 0.3) is 0 Å². The standard InChI is InChI=1S/C13H12F2N2O/c1-16-9-4-5-17-10(6-9)8-18-11-2-3-12(14)13(15)7-11/h2-7H,8H2,1H3,(H,16,17). The highest BCUT2D eigenvalue weighted by molar-refractivity contribution is 5.42. The number of hydrogen-bond acceptors (Lipinski definition) is 3. The van der Waals surface area contributed by atoms with Gasteiger partial charge in [0.2, 0.25) is 0 Å². The third kappa shape index (κ3) is 2.94. The van der Waals surface area contributed by atoms with E-state index < -0.39 is 11.6 Å². The van der Waals surface area contributed by atoms with Crippen molar-refractivity contribution in [2.45, 2.75) is 6.61 Å². The van der Waals surface area contributed by atoms with Gasteiger partial charge in [0.15, 0.2) is 11.6 Å². The van der Waals surface area contributed by atoms with Gasteiger partial charge in [0.05, 0.1) is 5.69 Å². The second-order valence-corrected chi connectivity index (χ2v) is 3.65. The molecule has 0 aliphatic carbocycles. The summed E-state index contributed by atoms with van der Waals surface area (Å²) >= 11 is 0. The lowest BCUT2D eigenvalue weighted by atomic mass is 10.3. The monoisotopic (exact) mass is 250 g/mol. The van der Waals surface area contributed by atoms with E-state index in [9.17, 15) is 8.78 Å². The van der Waals surface area contributed by atoms with E-state index in [0.29, 0.717) is 5.69 Å². The number of nitrogens with zero attached hydrogens (tertiary/aromatic N) is 1. The molecule has 0 aliphatic heterocycles. The summed E-state index contributed by atoms with van der Waals surface area (Å²) < 4.78 is 31.0. The Hall–Kier alpha value is -2.17. The fraction of sp³-hybridized carbons (Fsp3) is 0.154. The molecule has 94 valence electrons. The van der Waals surface area contributed by atoms with Crippen molar-refractivity contribution in [3.05, 3.63) is 53.9 Å². The molecule has 1 aromatic heterocycles. The number of rotatable bonds is 4. The second kappa shape index (κ2) is 5.44. The van der Waals surface area contributed by atoms with Gasteiger partial charge in [-0.15, -0.1) is 0 Å². The molecule has 0 saturated carbocycles. The van der Waals surface area contributed by atoms with Gasteiger partial charge in [0, 0.05) is 25.0 Å². The number of nitrogens with one attached hydrogen (secondary N) is 1. The lowest BCUT2D eigenvalue weighted by Gasteiger charge is -2.07. The Bertz CT molecular complexity index is 546. The zero-order chi connectivity index (χ0) is 13.0. The Balaban J connectivity index is 2.04. The van der Waals surface area contributed by atoms with Crippen LogP contribution >= 0.6 is 0 Å². The average Bonchev–Trinajstić information content (AvgIpc) is 2.40. The van der Waals surface area contributed by atoms with Crippen molar-refractivity contribution in [2.75, 3.05) is 12.4 Å². The molecule has 0 atom stereocenters. The van der Waals surface area contributed by atoms with Gasteiger partial charge < -0.3 is 10.1 Å². The quantitative estimate of drug-likeness (QED) is 0.905. The molecule has 1 heterocycles. The largest absolute Gasteiger partial charge is 0.487 e. The topological polar surface area (TPSA) is 34.2 Å². The van der Waals surface area contributed by atoms with Crippen molar-refractivity contribution < 1.29 is 13.5 Å².